The average Bonchev–Trinajstić information content (AvgIpc) is 2.95. The summed E-state index contributed by atoms with van der Waals surface area (Å²) in [6, 6.07) is 11.1. The highest BCUT2D eigenvalue weighted by molar-refractivity contribution is 9.10. The molecule has 2 rings (SSSR count). The number of carbonyl (C=O) groups excluding carboxylic acids is 2. The largest absolute Gasteiger partial charge is 0.452 e. The molecule has 0 heterocycles. The molecule has 0 bridgehead atoms. The van der Waals surface area contributed by atoms with Crippen LogP contribution in [0.1, 0.15) is 51.2 Å². The second-order valence-electron chi connectivity index (χ2n) is 10.5. The maximum Gasteiger partial charge on any atom is 0.416 e. The van der Waals surface area contributed by atoms with E-state index in [1.165, 1.54) is 23.5 Å². The summed E-state index contributed by atoms with van der Waals surface area (Å²) in [5.74, 6) is -0.581. The van der Waals surface area contributed by atoms with Gasteiger partial charge in [-0.15, -0.1) is 0 Å². The predicted molar refractivity (Wildman–Crippen MR) is 160 cm³/mol. The van der Waals surface area contributed by atoms with Crippen molar-refractivity contribution in [3.63, 3.8) is 0 Å². The number of hydrogen-bond donors (Lipinski definition) is 3. The van der Waals surface area contributed by atoms with E-state index in [1.807, 2.05) is 38.1 Å². The predicted octanol–water partition coefficient (Wildman–Crippen LogP) is 3.67. The fourth-order valence-electron chi connectivity index (χ4n) is 4.56. The molecule has 228 valence electrons. The molecular formula is C29H42BrN3O7S. The summed E-state index contributed by atoms with van der Waals surface area (Å²) < 4.78 is 34.1. The highest BCUT2D eigenvalue weighted by Crippen LogP contribution is 2.24. The van der Waals surface area contributed by atoms with E-state index >= 15 is 0 Å². The Morgan fingerprint density at radius 3 is 2.20 bits per heavy atom. The number of aliphatic hydroxyl groups excluding tert-OH is 2. The zero-order chi connectivity index (χ0) is 30.7. The maximum atomic E-state index is 13.6. The molecular weight excluding hydrogens is 614 g/mol. The van der Waals surface area contributed by atoms with Crippen molar-refractivity contribution in [2.24, 2.45) is 11.7 Å². The van der Waals surface area contributed by atoms with Gasteiger partial charge in [-0.1, -0.05) is 60.1 Å². The summed E-state index contributed by atoms with van der Waals surface area (Å²) in [6.45, 7) is 5.09. The molecule has 0 saturated carbocycles. The minimum absolute atomic E-state index is 0.00644. The molecule has 2 amide bonds. The van der Waals surface area contributed by atoms with Gasteiger partial charge < -0.3 is 20.7 Å². The van der Waals surface area contributed by atoms with Gasteiger partial charge in [-0.05, 0) is 67.9 Å². The minimum atomic E-state index is -3.94. The number of benzene rings is 2. The van der Waals surface area contributed by atoms with Gasteiger partial charge in [-0.3, -0.25) is 4.79 Å². The molecule has 12 heteroatoms. The van der Waals surface area contributed by atoms with Crippen molar-refractivity contribution in [1.82, 2.24) is 9.21 Å². The SMILES string of the molecule is COC(=O)N(C(=O)[C@@H](N)Cc1ccccc1Br)[C@@H](C)CCC[C@@H](CO)N(CC(C)C)S(=O)(=O)c1ccc(CO)cc1. The van der Waals surface area contributed by atoms with Gasteiger partial charge in [0.2, 0.25) is 15.9 Å². The molecule has 0 aliphatic carbocycles. The van der Waals surface area contributed by atoms with Gasteiger partial charge in [-0.25, -0.2) is 18.1 Å². The third kappa shape index (κ3) is 9.59. The van der Waals surface area contributed by atoms with E-state index in [-0.39, 0.29) is 30.4 Å². The molecule has 2 aromatic carbocycles. The Kier molecular flexibility index (Phi) is 13.9. The molecule has 0 fully saturated rings. The smallest absolute Gasteiger partial charge is 0.416 e. The number of carbonyl (C=O) groups is 2. The number of methoxy groups -OCH3 is 1. The van der Waals surface area contributed by atoms with E-state index in [0.717, 1.165) is 14.9 Å². The lowest BCUT2D eigenvalue weighted by Gasteiger charge is -2.32. The van der Waals surface area contributed by atoms with E-state index in [4.69, 9.17) is 10.5 Å². The van der Waals surface area contributed by atoms with Crippen LogP contribution < -0.4 is 5.73 Å². The monoisotopic (exact) mass is 655 g/mol. The maximum absolute atomic E-state index is 13.6. The van der Waals surface area contributed by atoms with Gasteiger partial charge in [0.15, 0.2) is 0 Å². The Labute approximate surface area is 251 Å². The molecule has 0 unspecified atom stereocenters. The number of halogens is 1. The van der Waals surface area contributed by atoms with Gasteiger partial charge in [-0.2, -0.15) is 4.31 Å². The number of hydrogen-bond acceptors (Lipinski definition) is 8. The van der Waals surface area contributed by atoms with Crippen LogP contribution in [0, 0.1) is 5.92 Å². The number of sulfonamides is 1. The highest BCUT2D eigenvalue weighted by atomic mass is 79.9. The lowest BCUT2D eigenvalue weighted by molar-refractivity contribution is -0.132. The second kappa shape index (κ2) is 16.3. The minimum Gasteiger partial charge on any atom is -0.452 e. The quantitative estimate of drug-likeness (QED) is 0.263. The summed E-state index contributed by atoms with van der Waals surface area (Å²) in [6.07, 6.45) is 0.460. The fourth-order valence-corrected chi connectivity index (χ4v) is 6.82. The van der Waals surface area contributed by atoms with Gasteiger partial charge >= 0.3 is 6.09 Å². The van der Waals surface area contributed by atoms with E-state index in [9.17, 15) is 28.2 Å². The van der Waals surface area contributed by atoms with E-state index in [1.54, 1.807) is 19.1 Å². The molecule has 3 atom stereocenters. The van der Waals surface area contributed by atoms with Crippen LogP contribution in [0.5, 0.6) is 0 Å². The highest BCUT2D eigenvalue weighted by Gasteiger charge is 2.34. The van der Waals surface area contributed by atoms with Crippen LogP contribution in [-0.4, -0.2) is 78.2 Å². The van der Waals surface area contributed by atoms with Crippen molar-refractivity contribution >= 4 is 38.0 Å². The average molecular weight is 657 g/mol. The summed E-state index contributed by atoms with van der Waals surface area (Å²) >= 11 is 3.45. The molecule has 0 aromatic heterocycles. The molecule has 0 saturated heterocycles. The zero-order valence-electron chi connectivity index (χ0n) is 24.1. The summed E-state index contributed by atoms with van der Waals surface area (Å²) in [5, 5.41) is 19.5. The van der Waals surface area contributed by atoms with Gasteiger partial charge in [0, 0.05) is 23.1 Å². The Balaban J connectivity index is 2.16. The zero-order valence-corrected chi connectivity index (χ0v) is 26.5. The van der Waals surface area contributed by atoms with Crippen LogP contribution in [0.15, 0.2) is 57.9 Å². The van der Waals surface area contributed by atoms with Crippen LogP contribution >= 0.6 is 15.9 Å². The molecule has 4 N–H and O–H groups in total. The molecule has 0 aliphatic rings. The first-order chi connectivity index (χ1) is 19.4. The number of imide groups is 1. The standard InChI is InChI=1S/C29H42BrN3O7S/c1-20(2)17-32(41(38,39)25-14-12-22(18-34)13-15-25)24(19-35)10-7-8-21(3)33(29(37)40-4)28(36)27(31)16-23-9-5-6-11-26(23)30/h5-6,9,11-15,20-21,24,27,34-35H,7-8,10,16-19,31H2,1-4H3/t21-,24-,27-/m0/s1. The number of rotatable bonds is 15. The van der Waals surface area contributed by atoms with Gasteiger partial charge in [0.1, 0.15) is 0 Å². The number of ether oxygens (including phenoxy) is 1. The summed E-state index contributed by atoms with van der Waals surface area (Å²) in [4.78, 5) is 27.0. The first-order valence-electron chi connectivity index (χ1n) is 13.6. The Morgan fingerprint density at radius 1 is 1.02 bits per heavy atom. The summed E-state index contributed by atoms with van der Waals surface area (Å²) in [5.41, 5.74) is 7.63. The fraction of sp³-hybridized carbons (Fsp3) is 0.517. The number of nitrogens with two attached hydrogens (primary N) is 1. The first-order valence-corrected chi connectivity index (χ1v) is 15.8. The van der Waals surface area contributed by atoms with Crippen LogP contribution in [0.25, 0.3) is 0 Å². The Hall–Kier alpha value is -2.35. The number of aliphatic hydroxyl groups is 2. The molecule has 0 aliphatic heterocycles. The number of amides is 2. The van der Waals surface area contributed by atoms with Crippen LogP contribution in [0.3, 0.4) is 0 Å². The molecule has 41 heavy (non-hydrogen) atoms. The second-order valence-corrected chi connectivity index (χ2v) is 13.2. The van der Waals surface area contributed by atoms with Crippen LogP contribution in [-0.2, 0) is 32.6 Å². The lowest BCUT2D eigenvalue weighted by Crippen LogP contribution is -2.51. The van der Waals surface area contributed by atoms with E-state index in [0.29, 0.717) is 24.8 Å². The van der Waals surface area contributed by atoms with Crippen molar-refractivity contribution in [3.8, 4) is 0 Å². The number of nitrogens with zero attached hydrogens (tertiary/aromatic N) is 2. The third-order valence-electron chi connectivity index (χ3n) is 6.80. The normalized spacial score (nSPS) is 14.1. The van der Waals surface area contributed by atoms with Crippen LogP contribution in [0.2, 0.25) is 0 Å². The summed E-state index contributed by atoms with van der Waals surface area (Å²) in [7, 11) is -2.75. The van der Waals surface area contributed by atoms with Crippen molar-refractivity contribution in [3.05, 3.63) is 64.1 Å². The van der Waals surface area contributed by atoms with Crippen LogP contribution in [0.4, 0.5) is 4.79 Å². The van der Waals surface area contributed by atoms with Gasteiger partial charge in [0.05, 0.1) is 31.3 Å². The van der Waals surface area contributed by atoms with Crippen molar-refractivity contribution < 1.29 is 33.0 Å². The molecule has 0 radical (unpaired) electrons. The Bertz CT molecular complexity index is 1240. The molecule has 0 spiro atoms. The van der Waals surface area contributed by atoms with E-state index < -0.39 is 46.8 Å². The lowest BCUT2D eigenvalue weighted by atomic mass is 10.0. The molecule has 2 aromatic rings. The van der Waals surface area contributed by atoms with E-state index in [2.05, 4.69) is 15.9 Å². The Morgan fingerprint density at radius 2 is 1.66 bits per heavy atom. The topological polar surface area (TPSA) is 150 Å². The van der Waals surface area contributed by atoms with Crippen molar-refractivity contribution in [2.75, 3.05) is 20.3 Å². The molecule has 10 nitrogen and oxygen atoms in total. The van der Waals surface area contributed by atoms with Crippen molar-refractivity contribution in [2.45, 2.75) is 76.1 Å². The first kappa shape index (κ1) is 34.8. The van der Waals surface area contributed by atoms with Gasteiger partial charge in [0.25, 0.3) is 0 Å². The van der Waals surface area contributed by atoms with Crippen molar-refractivity contribution in [1.29, 1.82) is 0 Å². The third-order valence-corrected chi connectivity index (χ3v) is 9.51.